The highest BCUT2D eigenvalue weighted by Gasteiger charge is 2.24. The maximum Gasteiger partial charge on any atom is 0.119 e. The van der Waals surface area contributed by atoms with E-state index in [0.717, 1.165) is 18.7 Å². The van der Waals surface area contributed by atoms with E-state index in [9.17, 15) is 0 Å². The molecule has 2 rings (SSSR count). The first-order chi connectivity index (χ1) is 7.53. The zero-order valence-corrected chi connectivity index (χ0v) is 9.95. The number of imidazole rings is 1. The third-order valence-corrected chi connectivity index (χ3v) is 3.17. The summed E-state index contributed by atoms with van der Waals surface area (Å²) in [6, 6.07) is 2.14. The molecule has 0 radical (unpaired) electrons. The molecule has 0 aliphatic heterocycles. The van der Waals surface area contributed by atoms with Gasteiger partial charge >= 0.3 is 0 Å². The van der Waals surface area contributed by atoms with Gasteiger partial charge in [-0.25, -0.2) is 4.98 Å². The Hall–Kier alpha value is -1.34. The highest BCUT2D eigenvalue weighted by atomic mass is 15.1. The second kappa shape index (κ2) is 3.91. The van der Waals surface area contributed by atoms with Crippen LogP contribution in [0.2, 0.25) is 0 Å². The average Bonchev–Trinajstić information content (AvgIpc) is 2.56. The maximum atomic E-state index is 8.98. The zero-order valence-electron chi connectivity index (χ0n) is 9.95. The molecule has 1 aromatic rings. The van der Waals surface area contributed by atoms with Gasteiger partial charge in [0.05, 0.1) is 18.3 Å². The third-order valence-electron chi connectivity index (χ3n) is 3.17. The molecule has 0 saturated carbocycles. The van der Waals surface area contributed by atoms with Crippen molar-refractivity contribution in [2.45, 2.75) is 51.6 Å². The minimum Gasteiger partial charge on any atom is -0.329 e. The van der Waals surface area contributed by atoms with Crippen LogP contribution in [0, 0.1) is 18.3 Å². The Labute approximate surface area is 96.1 Å². The van der Waals surface area contributed by atoms with Crippen LogP contribution >= 0.6 is 0 Å². The van der Waals surface area contributed by atoms with Crippen LogP contribution < -0.4 is 5.73 Å². The molecule has 86 valence electrons. The molecule has 0 fully saturated rings. The van der Waals surface area contributed by atoms with E-state index in [1.807, 2.05) is 6.92 Å². The predicted octanol–water partition coefficient (Wildman–Crippen LogP) is 1.31. The summed E-state index contributed by atoms with van der Waals surface area (Å²) in [6.45, 7) is 4.30. The Kier molecular flexibility index (Phi) is 2.73. The van der Waals surface area contributed by atoms with Crippen molar-refractivity contribution in [1.82, 2.24) is 9.55 Å². The van der Waals surface area contributed by atoms with Crippen LogP contribution in [0.3, 0.4) is 0 Å². The molecule has 1 unspecified atom stereocenters. The van der Waals surface area contributed by atoms with E-state index in [4.69, 9.17) is 11.0 Å². The molecule has 4 heteroatoms. The second-order valence-corrected chi connectivity index (χ2v) is 4.87. The fraction of sp³-hybridized carbons (Fsp3) is 0.667. The van der Waals surface area contributed by atoms with Crippen LogP contribution in [-0.2, 0) is 19.4 Å². The topological polar surface area (TPSA) is 67.6 Å². The number of aryl methyl sites for hydroxylation is 2. The van der Waals surface area contributed by atoms with Crippen molar-refractivity contribution in [1.29, 1.82) is 5.26 Å². The first-order valence-electron chi connectivity index (χ1n) is 5.78. The van der Waals surface area contributed by atoms with Crippen molar-refractivity contribution >= 4 is 0 Å². The summed E-state index contributed by atoms with van der Waals surface area (Å²) >= 11 is 0. The summed E-state index contributed by atoms with van der Waals surface area (Å²) < 4.78 is 2.12. The summed E-state index contributed by atoms with van der Waals surface area (Å²) in [5.41, 5.74) is 7.58. The van der Waals surface area contributed by atoms with Crippen LogP contribution in [0.15, 0.2) is 0 Å². The Morgan fingerprint density at radius 2 is 2.19 bits per heavy atom. The van der Waals surface area contributed by atoms with Crippen molar-refractivity contribution in [3.05, 3.63) is 17.2 Å². The summed E-state index contributed by atoms with van der Waals surface area (Å²) in [5, 5.41) is 8.98. The largest absolute Gasteiger partial charge is 0.329 e. The van der Waals surface area contributed by atoms with Crippen molar-refractivity contribution in [3.8, 4) is 6.07 Å². The number of hydrogen-bond donors (Lipinski definition) is 1. The summed E-state index contributed by atoms with van der Waals surface area (Å²) in [5.74, 6) is 0.985. The highest BCUT2D eigenvalue weighted by molar-refractivity contribution is 5.21. The molecule has 2 N–H and O–H groups in total. The van der Waals surface area contributed by atoms with Gasteiger partial charge in [-0.3, -0.25) is 0 Å². The molecule has 0 aromatic carbocycles. The monoisotopic (exact) mass is 218 g/mol. The summed E-state index contributed by atoms with van der Waals surface area (Å²) in [4.78, 5) is 4.57. The Bertz CT molecular complexity index is 437. The van der Waals surface area contributed by atoms with E-state index in [2.05, 4.69) is 15.6 Å². The minimum atomic E-state index is -0.809. The smallest absolute Gasteiger partial charge is 0.119 e. The van der Waals surface area contributed by atoms with Crippen molar-refractivity contribution in [2.75, 3.05) is 0 Å². The van der Waals surface area contributed by atoms with E-state index in [1.54, 1.807) is 6.92 Å². The van der Waals surface area contributed by atoms with E-state index >= 15 is 0 Å². The van der Waals surface area contributed by atoms with Crippen LogP contribution in [-0.4, -0.2) is 15.1 Å². The van der Waals surface area contributed by atoms with E-state index in [1.165, 1.54) is 24.2 Å². The lowest BCUT2D eigenvalue weighted by atomic mass is 10.00. The standard InChI is InChI=1S/C12H18N4/c1-9-15-10-5-3-4-6-11(10)16(9)8-12(2,14)7-13/h3-6,8,14H2,1-2H3. The molecule has 0 bridgehead atoms. The molecule has 1 heterocycles. The maximum absolute atomic E-state index is 8.98. The number of nitrogens with two attached hydrogens (primary N) is 1. The SMILES string of the molecule is Cc1nc2c(n1CC(C)(N)C#N)CCCC2. The number of nitriles is 1. The molecule has 1 aliphatic rings. The third kappa shape index (κ3) is 1.96. The summed E-state index contributed by atoms with van der Waals surface area (Å²) in [6.07, 6.45) is 4.57. The van der Waals surface area contributed by atoms with Crippen LogP contribution in [0.4, 0.5) is 0 Å². The average molecular weight is 218 g/mol. The molecule has 1 atom stereocenters. The fourth-order valence-corrected chi connectivity index (χ4v) is 2.31. The lowest BCUT2D eigenvalue weighted by Crippen LogP contribution is -2.39. The molecular weight excluding hydrogens is 200 g/mol. The molecular formula is C12H18N4. The van der Waals surface area contributed by atoms with Crippen LogP contribution in [0.1, 0.15) is 37.0 Å². The highest BCUT2D eigenvalue weighted by Crippen LogP contribution is 2.23. The number of nitrogens with zero attached hydrogens (tertiary/aromatic N) is 3. The van der Waals surface area contributed by atoms with Crippen molar-refractivity contribution in [3.63, 3.8) is 0 Å². The fourth-order valence-electron chi connectivity index (χ4n) is 2.31. The van der Waals surface area contributed by atoms with E-state index < -0.39 is 5.54 Å². The lowest BCUT2D eigenvalue weighted by Gasteiger charge is -2.21. The molecule has 1 aromatic heterocycles. The van der Waals surface area contributed by atoms with Gasteiger partial charge in [-0.15, -0.1) is 0 Å². The van der Waals surface area contributed by atoms with E-state index in [0.29, 0.717) is 6.54 Å². The zero-order chi connectivity index (χ0) is 11.8. The number of fused-ring (bicyclic) bond motifs is 1. The summed E-state index contributed by atoms with van der Waals surface area (Å²) in [7, 11) is 0. The molecule has 4 nitrogen and oxygen atoms in total. The van der Waals surface area contributed by atoms with Crippen LogP contribution in [0.25, 0.3) is 0 Å². The van der Waals surface area contributed by atoms with Gasteiger partial charge in [-0.2, -0.15) is 5.26 Å². The van der Waals surface area contributed by atoms with Gasteiger partial charge in [-0.05, 0) is 39.5 Å². The number of hydrogen-bond acceptors (Lipinski definition) is 3. The Balaban J connectivity index is 2.34. The predicted molar refractivity (Wildman–Crippen MR) is 61.8 cm³/mol. The quantitative estimate of drug-likeness (QED) is 0.813. The Morgan fingerprint density at radius 1 is 1.50 bits per heavy atom. The van der Waals surface area contributed by atoms with Gasteiger partial charge < -0.3 is 10.3 Å². The molecule has 0 spiro atoms. The number of aromatic nitrogens is 2. The van der Waals surface area contributed by atoms with Gasteiger partial charge in [0.25, 0.3) is 0 Å². The second-order valence-electron chi connectivity index (χ2n) is 4.87. The molecule has 0 saturated heterocycles. The lowest BCUT2D eigenvalue weighted by molar-refractivity contribution is 0.468. The van der Waals surface area contributed by atoms with E-state index in [-0.39, 0.29) is 0 Å². The normalized spacial score (nSPS) is 18.6. The minimum absolute atomic E-state index is 0.539. The van der Waals surface area contributed by atoms with Crippen LogP contribution in [0.5, 0.6) is 0 Å². The first kappa shape index (κ1) is 11.2. The van der Waals surface area contributed by atoms with Gasteiger partial charge in [0.15, 0.2) is 0 Å². The first-order valence-corrected chi connectivity index (χ1v) is 5.78. The Morgan fingerprint density at radius 3 is 2.88 bits per heavy atom. The van der Waals surface area contributed by atoms with Gasteiger partial charge in [0, 0.05) is 5.69 Å². The molecule has 0 amide bonds. The molecule has 16 heavy (non-hydrogen) atoms. The molecule has 1 aliphatic carbocycles. The van der Waals surface area contributed by atoms with Gasteiger partial charge in [0.2, 0.25) is 0 Å². The van der Waals surface area contributed by atoms with Crippen molar-refractivity contribution in [2.24, 2.45) is 5.73 Å². The van der Waals surface area contributed by atoms with Gasteiger partial charge in [-0.1, -0.05) is 0 Å². The van der Waals surface area contributed by atoms with Gasteiger partial charge in [0.1, 0.15) is 11.4 Å². The number of rotatable bonds is 2. The van der Waals surface area contributed by atoms with Crippen molar-refractivity contribution < 1.29 is 0 Å².